The molecule has 5 rings (SSSR count). The van der Waals surface area contributed by atoms with Crippen molar-refractivity contribution in [2.75, 3.05) is 6.54 Å². The molecule has 5 aromatic rings. The summed E-state index contributed by atoms with van der Waals surface area (Å²) in [5, 5.41) is 12.8. The molecule has 160 valence electrons. The molecule has 0 amide bonds. The van der Waals surface area contributed by atoms with Crippen LogP contribution < -0.4 is 0 Å². The van der Waals surface area contributed by atoms with Gasteiger partial charge in [0.15, 0.2) is 11.5 Å². The van der Waals surface area contributed by atoms with E-state index in [-0.39, 0.29) is 0 Å². The number of rotatable bonds is 9. The zero-order chi connectivity index (χ0) is 21.6. The fourth-order valence-corrected chi connectivity index (χ4v) is 3.60. The highest BCUT2D eigenvalue weighted by atomic mass is 16.5. The minimum atomic E-state index is 0.600. The van der Waals surface area contributed by atoms with Gasteiger partial charge in [0.05, 0.1) is 19.6 Å². The van der Waals surface area contributed by atoms with Gasteiger partial charge in [0.1, 0.15) is 11.4 Å². The van der Waals surface area contributed by atoms with E-state index in [1.54, 1.807) is 6.20 Å². The van der Waals surface area contributed by atoms with Gasteiger partial charge in [0, 0.05) is 42.2 Å². The predicted octanol–water partition coefficient (Wildman–Crippen LogP) is 4.90. The van der Waals surface area contributed by atoms with Gasteiger partial charge in [-0.05, 0) is 6.07 Å². The van der Waals surface area contributed by atoms with E-state index in [1.807, 2.05) is 89.7 Å². The number of benzene rings is 2. The summed E-state index contributed by atoms with van der Waals surface area (Å²) in [5.74, 6) is 1.60. The van der Waals surface area contributed by atoms with Gasteiger partial charge in [0.25, 0.3) is 0 Å². The van der Waals surface area contributed by atoms with Crippen molar-refractivity contribution in [2.45, 2.75) is 19.6 Å². The molecule has 32 heavy (non-hydrogen) atoms. The fourth-order valence-electron chi connectivity index (χ4n) is 3.60. The molecule has 0 radical (unpaired) electrons. The molecule has 0 fully saturated rings. The zero-order valence-electron chi connectivity index (χ0n) is 17.5. The molecule has 0 unspecified atom stereocenters. The number of aromatic nitrogens is 4. The molecule has 3 heterocycles. The molecule has 0 N–H and O–H groups in total. The Morgan fingerprint density at radius 1 is 0.719 bits per heavy atom. The van der Waals surface area contributed by atoms with E-state index in [9.17, 15) is 0 Å². The lowest BCUT2D eigenvalue weighted by atomic mass is 10.1. The lowest BCUT2D eigenvalue weighted by molar-refractivity contribution is 0.192. The van der Waals surface area contributed by atoms with Crippen LogP contribution in [0.15, 0.2) is 100 Å². The summed E-state index contributed by atoms with van der Waals surface area (Å²) in [6.45, 7) is 2.72. The van der Waals surface area contributed by atoms with E-state index in [2.05, 4.69) is 20.3 Å². The minimum absolute atomic E-state index is 0.600. The Balaban J connectivity index is 1.31. The first-order chi connectivity index (χ1) is 15.8. The third-order valence-corrected chi connectivity index (χ3v) is 5.22. The van der Waals surface area contributed by atoms with Crippen molar-refractivity contribution in [3.8, 4) is 22.5 Å². The van der Waals surface area contributed by atoms with Crippen LogP contribution in [0.1, 0.15) is 11.5 Å². The Kier molecular flexibility index (Phi) is 5.89. The molecule has 0 aliphatic carbocycles. The summed E-state index contributed by atoms with van der Waals surface area (Å²) in [6.07, 6.45) is 3.75. The average Bonchev–Trinajstić information content (AvgIpc) is 3.61. The Hall–Kier alpha value is -3.97. The Bertz CT molecular complexity index is 1150. The van der Waals surface area contributed by atoms with E-state index >= 15 is 0 Å². The van der Waals surface area contributed by atoms with Crippen molar-refractivity contribution in [3.63, 3.8) is 0 Å². The van der Waals surface area contributed by atoms with Gasteiger partial charge in [-0.3, -0.25) is 9.58 Å². The first kappa shape index (κ1) is 20.0. The summed E-state index contributed by atoms with van der Waals surface area (Å²) in [7, 11) is 0. The van der Waals surface area contributed by atoms with Gasteiger partial charge in [-0.1, -0.05) is 71.0 Å². The molecule has 0 atom stereocenters. The lowest BCUT2D eigenvalue weighted by Crippen LogP contribution is -2.26. The van der Waals surface area contributed by atoms with Crippen LogP contribution in [-0.2, 0) is 19.6 Å². The summed E-state index contributed by atoms with van der Waals surface area (Å²) in [6, 6.07) is 26.0. The van der Waals surface area contributed by atoms with Crippen LogP contribution in [0.2, 0.25) is 0 Å². The molecule has 7 nitrogen and oxygen atoms in total. The Morgan fingerprint density at radius 3 is 1.78 bits per heavy atom. The quantitative estimate of drug-likeness (QED) is 0.335. The standard InChI is InChI=1S/C25H23N5O2/c1-3-8-20(9-4-1)24-16-22(31-27-24)18-29(14-15-30-13-7-12-26-30)19-23-17-25(28-32-23)21-10-5-2-6-11-21/h1-13,16-17H,14-15,18-19H2. The summed E-state index contributed by atoms with van der Waals surface area (Å²) >= 11 is 0. The van der Waals surface area contributed by atoms with Crippen molar-refractivity contribution < 1.29 is 9.05 Å². The van der Waals surface area contributed by atoms with Crippen LogP contribution in [0.4, 0.5) is 0 Å². The SMILES string of the molecule is c1ccc(-c2cc(CN(CCn3cccn3)Cc3cc(-c4ccccc4)no3)on2)cc1. The van der Waals surface area contributed by atoms with E-state index in [1.165, 1.54) is 0 Å². The molecule has 0 aliphatic rings. The highest BCUT2D eigenvalue weighted by molar-refractivity contribution is 5.59. The lowest BCUT2D eigenvalue weighted by Gasteiger charge is -2.19. The van der Waals surface area contributed by atoms with Gasteiger partial charge >= 0.3 is 0 Å². The first-order valence-electron chi connectivity index (χ1n) is 10.6. The minimum Gasteiger partial charge on any atom is -0.359 e. The number of hydrogen-bond acceptors (Lipinski definition) is 6. The van der Waals surface area contributed by atoms with Crippen LogP contribution in [-0.4, -0.2) is 31.5 Å². The second kappa shape index (κ2) is 9.45. The topological polar surface area (TPSA) is 73.1 Å². The van der Waals surface area contributed by atoms with Gasteiger partial charge in [0.2, 0.25) is 0 Å². The maximum atomic E-state index is 5.64. The molecule has 7 heteroatoms. The highest BCUT2D eigenvalue weighted by Crippen LogP contribution is 2.22. The van der Waals surface area contributed by atoms with Crippen LogP contribution >= 0.6 is 0 Å². The van der Waals surface area contributed by atoms with Crippen molar-refractivity contribution >= 4 is 0 Å². The molecule has 3 aromatic heterocycles. The maximum absolute atomic E-state index is 5.64. The maximum Gasteiger partial charge on any atom is 0.151 e. The largest absolute Gasteiger partial charge is 0.359 e. The van der Waals surface area contributed by atoms with Crippen LogP contribution in [0.3, 0.4) is 0 Å². The second-order valence-electron chi connectivity index (χ2n) is 7.57. The normalized spacial score (nSPS) is 11.3. The zero-order valence-corrected chi connectivity index (χ0v) is 17.5. The van der Waals surface area contributed by atoms with Crippen LogP contribution in [0.5, 0.6) is 0 Å². The molecular formula is C25H23N5O2. The summed E-state index contributed by atoms with van der Waals surface area (Å²) < 4.78 is 13.2. The molecule has 0 bridgehead atoms. The average molecular weight is 425 g/mol. The van der Waals surface area contributed by atoms with Crippen molar-refractivity contribution in [1.29, 1.82) is 0 Å². The monoisotopic (exact) mass is 425 g/mol. The molecule has 0 saturated carbocycles. The summed E-state index contributed by atoms with van der Waals surface area (Å²) in [5.41, 5.74) is 3.74. The van der Waals surface area contributed by atoms with E-state index in [4.69, 9.17) is 9.05 Å². The van der Waals surface area contributed by atoms with Gasteiger partial charge in [-0.15, -0.1) is 0 Å². The van der Waals surface area contributed by atoms with E-state index in [0.717, 1.165) is 47.1 Å². The van der Waals surface area contributed by atoms with Gasteiger partial charge < -0.3 is 9.05 Å². The number of hydrogen-bond donors (Lipinski definition) is 0. The van der Waals surface area contributed by atoms with Crippen molar-refractivity contribution in [3.05, 3.63) is 103 Å². The molecular weight excluding hydrogens is 402 g/mol. The fraction of sp³-hybridized carbons (Fsp3) is 0.160. The molecule has 2 aromatic carbocycles. The van der Waals surface area contributed by atoms with Crippen molar-refractivity contribution in [2.24, 2.45) is 0 Å². The van der Waals surface area contributed by atoms with E-state index < -0.39 is 0 Å². The third-order valence-electron chi connectivity index (χ3n) is 5.22. The van der Waals surface area contributed by atoms with Crippen molar-refractivity contribution in [1.82, 2.24) is 25.0 Å². The summed E-state index contributed by atoms with van der Waals surface area (Å²) in [4.78, 5) is 2.24. The predicted molar refractivity (Wildman–Crippen MR) is 120 cm³/mol. The number of nitrogens with zero attached hydrogens (tertiary/aromatic N) is 5. The van der Waals surface area contributed by atoms with Gasteiger partial charge in [-0.25, -0.2) is 0 Å². The Morgan fingerprint density at radius 2 is 1.28 bits per heavy atom. The first-order valence-corrected chi connectivity index (χ1v) is 10.6. The molecule has 0 aliphatic heterocycles. The Labute approximate surface area is 185 Å². The second-order valence-corrected chi connectivity index (χ2v) is 7.57. The van der Waals surface area contributed by atoms with E-state index in [0.29, 0.717) is 13.1 Å². The third kappa shape index (κ3) is 4.84. The molecule has 0 saturated heterocycles. The van der Waals surface area contributed by atoms with Crippen LogP contribution in [0.25, 0.3) is 22.5 Å². The highest BCUT2D eigenvalue weighted by Gasteiger charge is 2.15. The van der Waals surface area contributed by atoms with Gasteiger partial charge in [-0.2, -0.15) is 5.10 Å². The smallest absolute Gasteiger partial charge is 0.151 e. The van der Waals surface area contributed by atoms with Crippen LogP contribution in [0, 0.1) is 0 Å². The molecule has 0 spiro atoms.